The molecule has 2 aromatic heterocycles. The maximum Gasteiger partial charge on any atom is 0.210 e. The highest BCUT2D eigenvalue weighted by atomic mass is 79.9. The second kappa shape index (κ2) is 8.98. The fourth-order valence-corrected chi connectivity index (χ4v) is 4.62. The standard InChI is InChI=1S/C20H18BrN5OS2/c1-13-6-8-15(9-7-13)27-10-18-23-14(11-28-18)12-29-20-25-24-19(26(20)22)16-4-2-3-5-17(16)21/h2-9,11H,10,12,22H2,1H3. The van der Waals surface area contributed by atoms with Gasteiger partial charge in [0.05, 0.1) is 5.69 Å². The van der Waals surface area contributed by atoms with Gasteiger partial charge in [-0.1, -0.05) is 57.5 Å². The Morgan fingerprint density at radius 1 is 1.14 bits per heavy atom. The van der Waals surface area contributed by atoms with E-state index in [0.29, 0.717) is 23.3 Å². The number of nitrogen functional groups attached to an aromatic ring is 1. The van der Waals surface area contributed by atoms with E-state index in [9.17, 15) is 0 Å². The summed E-state index contributed by atoms with van der Waals surface area (Å²) in [7, 11) is 0. The smallest absolute Gasteiger partial charge is 0.210 e. The van der Waals surface area contributed by atoms with E-state index in [4.69, 9.17) is 10.6 Å². The second-order valence-electron chi connectivity index (χ2n) is 6.28. The molecule has 0 atom stereocenters. The van der Waals surface area contributed by atoms with Gasteiger partial charge in [0.25, 0.3) is 0 Å². The van der Waals surface area contributed by atoms with Crippen LogP contribution in [0.2, 0.25) is 0 Å². The molecule has 0 aliphatic heterocycles. The predicted molar refractivity (Wildman–Crippen MR) is 120 cm³/mol. The molecule has 148 valence electrons. The van der Waals surface area contributed by atoms with Crippen LogP contribution in [0.3, 0.4) is 0 Å². The van der Waals surface area contributed by atoms with E-state index < -0.39 is 0 Å². The SMILES string of the molecule is Cc1ccc(OCc2nc(CSc3nnc(-c4ccccc4Br)n3N)cs2)cc1. The summed E-state index contributed by atoms with van der Waals surface area (Å²) in [5.74, 6) is 8.33. The van der Waals surface area contributed by atoms with E-state index >= 15 is 0 Å². The Hall–Kier alpha value is -2.36. The third-order valence-electron chi connectivity index (χ3n) is 4.11. The van der Waals surface area contributed by atoms with E-state index in [0.717, 1.165) is 26.5 Å². The molecule has 0 aliphatic rings. The zero-order valence-electron chi connectivity index (χ0n) is 15.6. The molecule has 6 nitrogen and oxygen atoms in total. The lowest BCUT2D eigenvalue weighted by molar-refractivity contribution is 0.305. The molecular formula is C20H18BrN5OS2. The van der Waals surface area contributed by atoms with E-state index in [2.05, 4.69) is 38.0 Å². The number of hydrogen-bond donors (Lipinski definition) is 1. The van der Waals surface area contributed by atoms with Gasteiger partial charge in [0, 0.05) is 21.2 Å². The summed E-state index contributed by atoms with van der Waals surface area (Å²) in [6, 6.07) is 15.8. The molecule has 0 spiro atoms. The third-order valence-corrected chi connectivity index (χ3v) is 6.65. The van der Waals surface area contributed by atoms with Gasteiger partial charge in [-0.2, -0.15) is 0 Å². The first-order valence-electron chi connectivity index (χ1n) is 8.81. The highest BCUT2D eigenvalue weighted by molar-refractivity contribution is 9.10. The molecule has 29 heavy (non-hydrogen) atoms. The van der Waals surface area contributed by atoms with Gasteiger partial charge in [0.15, 0.2) is 5.82 Å². The van der Waals surface area contributed by atoms with E-state index in [1.165, 1.54) is 22.0 Å². The van der Waals surface area contributed by atoms with Gasteiger partial charge in [-0.25, -0.2) is 9.66 Å². The van der Waals surface area contributed by atoms with E-state index in [1.807, 2.05) is 53.9 Å². The molecule has 2 aromatic carbocycles. The van der Waals surface area contributed by atoms with Crippen LogP contribution >= 0.6 is 39.0 Å². The van der Waals surface area contributed by atoms with Gasteiger partial charge < -0.3 is 10.6 Å². The molecule has 0 saturated carbocycles. The number of aromatic nitrogens is 4. The van der Waals surface area contributed by atoms with Crippen LogP contribution in [-0.2, 0) is 12.4 Å². The fourth-order valence-electron chi connectivity index (χ4n) is 2.60. The molecule has 0 fully saturated rings. The minimum absolute atomic E-state index is 0.456. The van der Waals surface area contributed by atoms with E-state index in [-0.39, 0.29) is 0 Å². The summed E-state index contributed by atoms with van der Waals surface area (Å²) < 4.78 is 8.23. The molecule has 0 bridgehead atoms. The Balaban J connectivity index is 1.36. The van der Waals surface area contributed by atoms with Crippen molar-refractivity contribution in [1.29, 1.82) is 0 Å². The third kappa shape index (κ3) is 4.80. The number of thiazole rings is 1. The maximum atomic E-state index is 6.21. The van der Waals surface area contributed by atoms with Crippen molar-refractivity contribution in [2.75, 3.05) is 5.84 Å². The summed E-state index contributed by atoms with van der Waals surface area (Å²) in [6.45, 7) is 2.51. The van der Waals surface area contributed by atoms with Crippen LogP contribution in [0.15, 0.2) is 63.5 Å². The molecule has 2 N–H and O–H groups in total. The van der Waals surface area contributed by atoms with Gasteiger partial charge in [0.2, 0.25) is 5.16 Å². The molecule has 9 heteroatoms. The van der Waals surface area contributed by atoms with Crippen LogP contribution in [0.1, 0.15) is 16.3 Å². The number of thioether (sulfide) groups is 1. The number of ether oxygens (including phenoxy) is 1. The summed E-state index contributed by atoms with van der Waals surface area (Å²) in [5.41, 5.74) is 3.08. The van der Waals surface area contributed by atoms with Crippen LogP contribution in [0.25, 0.3) is 11.4 Å². The number of nitrogens with two attached hydrogens (primary N) is 1. The minimum Gasteiger partial charge on any atom is -0.486 e. The first kappa shape index (κ1) is 19.9. The van der Waals surface area contributed by atoms with Gasteiger partial charge in [-0.3, -0.25) is 0 Å². The lowest BCUT2D eigenvalue weighted by atomic mass is 10.2. The van der Waals surface area contributed by atoms with Gasteiger partial charge in [-0.15, -0.1) is 21.5 Å². The Kier molecular flexibility index (Phi) is 6.17. The minimum atomic E-state index is 0.456. The number of halogens is 1. The van der Waals surface area contributed by atoms with Gasteiger partial charge in [-0.05, 0) is 31.2 Å². The number of rotatable bonds is 7. The maximum absolute atomic E-state index is 6.21. The summed E-state index contributed by atoms with van der Waals surface area (Å²) in [4.78, 5) is 4.63. The Morgan fingerprint density at radius 3 is 2.72 bits per heavy atom. The summed E-state index contributed by atoms with van der Waals surface area (Å²) in [5, 5.41) is 12.1. The fraction of sp³-hybridized carbons (Fsp3) is 0.150. The van der Waals surface area contributed by atoms with E-state index in [1.54, 1.807) is 11.3 Å². The van der Waals surface area contributed by atoms with Crippen LogP contribution in [0.5, 0.6) is 5.75 Å². The van der Waals surface area contributed by atoms with Crippen molar-refractivity contribution < 1.29 is 4.74 Å². The van der Waals surface area contributed by atoms with Crippen LogP contribution in [-0.4, -0.2) is 19.9 Å². The van der Waals surface area contributed by atoms with Crippen molar-refractivity contribution in [3.63, 3.8) is 0 Å². The van der Waals surface area contributed by atoms with Crippen LogP contribution in [0, 0.1) is 6.92 Å². The topological polar surface area (TPSA) is 78.9 Å². The Labute approximate surface area is 185 Å². The lowest BCUT2D eigenvalue weighted by Crippen LogP contribution is -2.11. The van der Waals surface area contributed by atoms with Gasteiger partial charge in [0.1, 0.15) is 17.4 Å². The highest BCUT2D eigenvalue weighted by Gasteiger charge is 2.15. The highest BCUT2D eigenvalue weighted by Crippen LogP contribution is 2.29. The van der Waals surface area contributed by atoms with Crippen molar-refractivity contribution >= 4 is 39.0 Å². The molecular weight excluding hydrogens is 470 g/mol. The van der Waals surface area contributed by atoms with Crippen LogP contribution in [0.4, 0.5) is 0 Å². The molecule has 2 heterocycles. The monoisotopic (exact) mass is 487 g/mol. The molecule has 0 unspecified atom stereocenters. The van der Waals surface area contributed by atoms with Crippen molar-refractivity contribution in [3.8, 4) is 17.1 Å². The molecule has 0 radical (unpaired) electrons. The van der Waals surface area contributed by atoms with Crippen molar-refractivity contribution in [2.45, 2.75) is 24.4 Å². The zero-order chi connectivity index (χ0) is 20.2. The van der Waals surface area contributed by atoms with Gasteiger partial charge >= 0.3 is 0 Å². The average Bonchev–Trinajstić information content (AvgIpc) is 3.33. The Morgan fingerprint density at radius 2 is 1.93 bits per heavy atom. The Bertz CT molecular complexity index is 1110. The predicted octanol–water partition coefficient (Wildman–Crippen LogP) is 5.06. The normalized spacial score (nSPS) is 11.0. The first-order chi connectivity index (χ1) is 14.1. The first-order valence-corrected chi connectivity index (χ1v) is 11.5. The molecule has 4 aromatic rings. The zero-order valence-corrected chi connectivity index (χ0v) is 18.8. The number of nitrogens with zero attached hydrogens (tertiary/aromatic N) is 4. The van der Waals surface area contributed by atoms with Crippen molar-refractivity contribution in [3.05, 3.63) is 74.6 Å². The van der Waals surface area contributed by atoms with Crippen molar-refractivity contribution in [2.24, 2.45) is 0 Å². The summed E-state index contributed by atoms with van der Waals surface area (Å²) in [6.07, 6.45) is 0. The number of aryl methyl sites for hydroxylation is 1. The van der Waals surface area contributed by atoms with Crippen LogP contribution < -0.4 is 10.6 Å². The lowest BCUT2D eigenvalue weighted by Gasteiger charge is -2.05. The quantitative estimate of drug-likeness (QED) is 0.290. The largest absolute Gasteiger partial charge is 0.486 e. The van der Waals surface area contributed by atoms with Crippen molar-refractivity contribution in [1.82, 2.24) is 19.9 Å². The number of hydrogen-bond acceptors (Lipinski definition) is 7. The number of benzene rings is 2. The molecule has 0 aliphatic carbocycles. The molecule has 0 saturated heterocycles. The molecule has 4 rings (SSSR count). The summed E-state index contributed by atoms with van der Waals surface area (Å²) >= 11 is 6.61. The second-order valence-corrected chi connectivity index (χ2v) is 9.02. The average molecular weight is 488 g/mol. The molecule has 0 amide bonds.